The monoisotopic (exact) mass is 312 g/mol. The average Bonchev–Trinajstić information content (AvgIpc) is 2.88. The molecular formula is C17H16N2O4. The second-order valence-corrected chi connectivity index (χ2v) is 5.15. The summed E-state index contributed by atoms with van der Waals surface area (Å²) >= 11 is 0. The van der Waals surface area contributed by atoms with E-state index in [1.165, 1.54) is 4.90 Å². The maximum atomic E-state index is 12.0. The standard InChI is InChI=1S/C17H16N2O4/c1-11-8-13(22-2)9-14(19-10-15(20)18-17(19)21)16(11)23-12-6-4-3-5-7-12/h3-9H,10H2,1-2H3,(H,18,20,21). The van der Waals surface area contributed by atoms with Gasteiger partial charge in [0, 0.05) is 6.07 Å². The van der Waals surface area contributed by atoms with Crippen molar-refractivity contribution in [2.24, 2.45) is 0 Å². The molecule has 0 bridgehead atoms. The third kappa shape index (κ3) is 2.96. The Hall–Kier alpha value is -3.02. The summed E-state index contributed by atoms with van der Waals surface area (Å²) in [5.74, 6) is 1.40. The Balaban J connectivity index is 2.06. The van der Waals surface area contributed by atoms with Crippen molar-refractivity contribution in [3.05, 3.63) is 48.0 Å². The summed E-state index contributed by atoms with van der Waals surface area (Å²) in [6, 6.07) is 12.3. The number of methoxy groups -OCH3 is 1. The zero-order valence-corrected chi connectivity index (χ0v) is 12.8. The summed E-state index contributed by atoms with van der Waals surface area (Å²) in [5, 5.41) is 2.27. The number of para-hydroxylation sites is 1. The average molecular weight is 312 g/mol. The molecule has 6 heteroatoms. The zero-order valence-electron chi connectivity index (χ0n) is 12.8. The molecule has 1 heterocycles. The predicted octanol–water partition coefficient (Wildman–Crippen LogP) is 2.85. The SMILES string of the molecule is COc1cc(C)c(Oc2ccccc2)c(N2CC(=O)NC2=O)c1. The Morgan fingerprint density at radius 1 is 1.09 bits per heavy atom. The number of rotatable bonds is 4. The molecule has 3 amide bonds. The van der Waals surface area contributed by atoms with Gasteiger partial charge in [0.05, 0.1) is 12.8 Å². The highest BCUT2D eigenvalue weighted by Gasteiger charge is 2.31. The highest BCUT2D eigenvalue weighted by Crippen LogP contribution is 2.39. The van der Waals surface area contributed by atoms with Gasteiger partial charge >= 0.3 is 6.03 Å². The van der Waals surface area contributed by atoms with Crippen LogP contribution >= 0.6 is 0 Å². The zero-order chi connectivity index (χ0) is 16.4. The maximum absolute atomic E-state index is 12.0. The third-order valence-electron chi connectivity index (χ3n) is 3.51. The van der Waals surface area contributed by atoms with Gasteiger partial charge in [0.25, 0.3) is 0 Å². The van der Waals surface area contributed by atoms with Gasteiger partial charge in [-0.25, -0.2) is 4.79 Å². The van der Waals surface area contributed by atoms with Gasteiger partial charge < -0.3 is 9.47 Å². The van der Waals surface area contributed by atoms with Gasteiger partial charge in [0.15, 0.2) is 5.75 Å². The lowest BCUT2D eigenvalue weighted by molar-refractivity contribution is -0.117. The van der Waals surface area contributed by atoms with Gasteiger partial charge in [-0.15, -0.1) is 0 Å². The van der Waals surface area contributed by atoms with E-state index in [1.807, 2.05) is 43.3 Å². The van der Waals surface area contributed by atoms with Crippen LogP contribution in [0.4, 0.5) is 10.5 Å². The summed E-state index contributed by atoms with van der Waals surface area (Å²) in [6.07, 6.45) is 0. The molecule has 1 N–H and O–H groups in total. The summed E-state index contributed by atoms with van der Waals surface area (Å²) < 4.78 is 11.2. The van der Waals surface area contributed by atoms with Gasteiger partial charge in [-0.1, -0.05) is 18.2 Å². The normalized spacial score (nSPS) is 13.9. The van der Waals surface area contributed by atoms with E-state index in [4.69, 9.17) is 9.47 Å². The fourth-order valence-electron chi connectivity index (χ4n) is 2.42. The number of aryl methyl sites for hydroxylation is 1. The first-order valence-electron chi connectivity index (χ1n) is 7.11. The molecule has 1 fully saturated rings. The molecule has 0 saturated carbocycles. The molecule has 23 heavy (non-hydrogen) atoms. The second-order valence-electron chi connectivity index (χ2n) is 5.15. The smallest absolute Gasteiger partial charge is 0.329 e. The molecule has 2 aromatic carbocycles. The molecule has 1 aliphatic rings. The summed E-state index contributed by atoms with van der Waals surface area (Å²) in [4.78, 5) is 24.8. The van der Waals surface area contributed by atoms with Crippen LogP contribution in [0.15, 0.2) is 42.5 Å². The number of nitrogens with zero attached hydrogens (tertiary/aromatic N) is 1. The minimum Gasteiger partial charge on any atom is -0.497 e. The molecule has 0 spiro atoms. The molecule has 2 aromatic rings. The number of imide groups is 1. The van der Waals surface area contributed by atoms with Crippen molar-refractivity contribution in [1.29, 1.82) is 0 Å². The Labute approximate surface area is 133 Å². The number of carbonyl (C=O) groups excluding carboxylic acids is 2. The molecule has 118 valence electrons. The Morgan fingerprint density at radius 2 is 1.83 bits per heavy atom. The fourth-order valence-corrected chi connectivity index (χ4v) is 2.42. The van der Waals surface area contributed by atoms with Crippen molar-refractivity contribution >= 4 is 17.6 Å². The molecule has 0 unspecified atom stereocenters. The summed E-state index contributed by atoms with van der Waals surface area (Å²) in [7, 11) is 1.55. The van der Waals surface area contributed by atoms with Crippen LogP contribution in [0.3, 0.4) is 0 Å². The van der Waals surface area contributed by atoms with Crippen molar-refractivity contribution in [3.63, 3.8) is 0 Å². The van der Waals surface area contributed by atoms with E-state index in [-0.39, 0.29) is 12.5 Å². The van der Waals surface area contributed by atoms with Crippen LogP contribution in [0, 0.1) is 6.92 Å². The van der Waals surface area contributed by atoms with Crippen LogP contribution in [-0.2, 0) is 4.79 Å². The van der Waals surface area contributed by atoms with Crippen LogP contribution in [0.2, 0.25) is 0 Å². The highest BCUT2D eigenvalue weighted by molar-refractivity contribution is 6.13. The van der Waals surface area contributed by atoms with E-state index in [0.29, 0.717) is 22.9 Å². The van der Waals surface area contributed by atoms with Crippen LogP contribution < -0.4 is 19.7 Å². The van der Waals surface area contributed by atoms with E-state index in [1.54, 1.807) is 13.2 Å². The Kier molecular flexibility index (Phi) is 3.89. The number of anilines is 1. The van der Waals surface area contributed by atoms with E-state index in [9.17, 15) is 9.59 Å². The van der Waals surface area contributed by atoms with E-state index < -0.39 is 6.03 Å². The maximum Gasteiger partial charge on any atom is 0.329 e. The molecule has 1 saturated heterocycles. The molecular weight excluding hydrogens is 296 g/mol. The van der Waals surface area contributed by atoms with Crippen LogP contribution in [-0.4, -0.2) is 25.6 Å². The van der Waals surface area contributed by atoms with E-state index in [0.717, 1.165) is 5.56 Å². The van der Waals surface area contributed by atoms with Crippen molar-refractivity contribution < 1.29 is 19.1 Å². The molecule has 0 atom stereocenters. The lowest BCUT2D eigenvalue weighted by Gasteiger charge is -2.21. The molecule has 0 radical (unpaired) electrons. The minimum absolute atomic E-state index is 0.0450. The second kappa shape index (κ2) is 6.00. The van der Waals surface area contributed by atoms with Crippen LogP contribution in [0.1, 0.15) is 5.56 Å². The predicted molar refractivity (Wildman–Crippen MR) is 85.1 cm³/mol. The lowest BCUT2D eigenvalue weighted by atomic mass is 10.1. The van der Waals surface area contributed by atoms with Crippen molar-refractivity contribution in [2.45, 2.75) is 6.92 Å². The highest BCUT2D eigenvalue weighted by atomic mass is 16.5. The molecule has 1 aliphatic heterocycles. The number of hydrogen-bond donors (Lipinski definition) is 1. The number of amides is 3. The number of carbonyl (C=O) groups is 2. The summed E-state index contributed by atoms with van der Waals surface area (Å²) in [6.45, 7) is 1.82. The van der Waals surface area contributed by atoms with Gasteiger partial charge in [-0.05, 0) is 30.7 Å². The Bertz CT molecular complexity index is 759. The topological polar surface area (TPSA) is 67.9 Å². The van der Waals surface area contributed by atoms with Crippen LogP contribution in [0.25, 0.3) is 0 Å². The van der Waals surface area contributed by atoms with Gasteiger partial charge in [-0.2, -0.15) is 0 Å². The van der Waals surface area contributed by atoms with Crippen LogP contribution in [0.5, 0.6) is 17.2 Å². The van der Waals surface area contributed by atoms with Crippen molar-refractivity contribution in [3.8, 4) is 17.2 Å². The first-order chi connectivity index (χ1) is 11.1. The molecule has 3 rings (SSSR count). The number of urea groups is 1. The third-order valence-corrected chi connectivity index (χ3v) is 3.51. The molecule has 0 aliphatic carbocycles. The Morgan fingerprint density at radius 3 is 2.43 bits per heavy atom. The molecule has 0 aromatic heterocycles. The number of hydrogen-bond acceptors (Lipinski definition) is 4. The fraction of sp³-hybridized carbons (Fsp3) is 0.176. The van der Waals surface area contributed by atoms with E-state index in [2.05, 4.69) is 5.32 Å². The number of nitrogens with one attached hydrogen (secondary N) is 1. The first kappa shape index (κ1) is 14.9. The quantitative estimate of drug-likeness (QED) is 0.882. The minimum atomic E-state index is -0.472. The first-order valence-corrected chi connectivity index (χ1v) is 7.11. The van der Waals surface area contributed by atoms with Crippen molar-refractivity contribution in [2.75, 3.05) is 18.6 Å². The number of ether oxygens (including phenoxy) is 2. The number of benzene rings is 2. The van der Waals surface area contributed by atoms with Gasteiger partial charge in [0.2, 0.25) is 5.91 Å². The summed E-state index contributed by atoms with van der Waals surface area (Å²) in [5.41, 5.74) is 1.30. The van der Waals surface area contributed by atoms with E-state index >= 15 is 0 Å². The largest absolute Gasteiger partial charge is 0.497 e. The van der Waals surface area contributed by atoms with Crippen molar-refractivity contribution in [1.82, 2.24) is 5.32 Å². The lowest BCUT2D eigenvalue weighted by Crippen LogP contribution is -2.28. The molecule has 6 nitrogen and oxygen atoms in total. The van der Waals surface area contributed by atoms with Gasteiger partial charge in [0.1, 0.15) is 18.0 Å². The van der Waals surface area contributed by atoms with Gasteiger partial charge in [-0.3, -0.25) is 15.0 Å².